The summed E-state index contributed by atoms with van der Waals surface area (Å²) in [5.74, 6) is 0. The fraction of sp³-hybridized carbons (Fsp3) is 0.375. The van der Waals surface area contributed by atoms with Gasteiger partial charge in [-0.1, -0.05) is 58.0 Å². The SMILES string of the molecule is CCc1cccc2cccc(SC(C)(C)C)c12. The molecule has 0 heterocycles. The summed E-state index contributed by atoms with van der Waals surface area (Å²) in [4.78, 5) is 1.41. The first-order chi connectivity index (χ1) is 8.01. The van der Waals surface area contributed by atoms with Gasteiger partial charge in [0.05, 0.1) is 0 Å². The Balaban J connectivity index is 2.62. The Bertz CT molecular complexity index is 515. The van der Waals surface area contributed by atoms with E-state index in [4.69, 9.17) is 0 Å². The van der Waals surface area contributed by atoms with Gasteiger partial charge in [-0.15, -0.1) is 11.8 Å². The van der Waals surface area contributed by atoms with Gasteiger partial charge in [0, 0.05) is 9.64 Å². The Hall–Kier alpha value is -0.950. The molecule has 0 atom stereocenters. The molecule has 0 bridgehead atoms. The molecule has 2 aromatic carbocycles. The van der Waals surface area contributed by atoms with E-state index in [1.807, 2.05) is 11.8 Å². The Morgan fingerprint density at radius 1 is 1.00 bits per heavy atom. The van der Waals surface area contributed by atoms with Crippen LogP contribution in [0.5, 0.6) is 0 Å². The molecule has 0 saturated carbocycles. The summed E-state index contributed by atoms with van der Waals surface area (Å²) in [6, 6.07) is 13.2. The van der Waals surface area contributed by atoms with Crippen LogP contribution < -0.4 is 0 Å². The van der Waals surface area contributed by atoms with Crippen molar-refractivity contribution in [3.8, 4) is 0 Å². The standard InChI is InChI=1S/C16H20S/c1-5-12-8-6-9-13-10-7-11-14(15(12)13)17-16(2,3)4/h6-11H,5H2,1-4H3. The van der Waals surface area contributed by atoms with Crippen LogP contribution in [0.2, 0.25) is 0 Å². The molecule has 0 fully saturated rings. The summed E-state index contributed by atoms with van der Waals surface area (Å²) in [6.07, 6.45) is 1.10. The van der Waals surface area contributed by atoms with Gasteiger partial charge in [-0.2, -0.15) is 0 Å². The average Bonchev–Trinajstić information content (AvgIpc) is 2.26. The van der Waals surface area contributed by atoms with Crippen LogP contribution in [0.25, 0.3) is 10.8 Å². The molecule has 0 aliphatic carbocycles. The second kappa shape index (κ2) is 4.73. The van der Waals surface area contributed by atoms with Gasteiger partial charge in [0.1, 0.15) is 0 Å². The van der Waals surface area contributed by atoms with Gasteiger partial charge in [0.25, 0.3) is 0 Å². The van der Waals surface area contributed by atoms with Crippen LogP contribution in [-0.4, -0.2) is 4.75 Å². The van der Waals surface area contributed by atoms with Gasteiger partial charge in [0.15, 0.2) is 0 Å². The molecule has 0 aliphatic rings. The summed E-state index contributed by atoms with van der Waals surface area (Å²) < 4.78 is 0.259. The van der Waals surface area contributed by atoms with Crippen molar-refractivity contribution in [2.24, 2.45) is 0 Å². The molecule has 0 spiro atoms. The Labute approximate surface area is 108 Å². The van der Waals surface area contributed by atoms with E-state index in [9.17, 15) is 0 Å². The summed E-state index contributed by atoms with van der Waals surface area (Å²) in [5, 5.41) is 2.80. The highest BCUT2D eigenvalue weighted by Crippen LogP contribution is 2.37. The molecule has 0 amide bonds. The lowest BCUT2D eigenvalue weighted by atomic mass is 10.0. The zero-order valence-electron chi connectivity index (χ0n) is 11.1. The topological polar surface area (TPSA) is 0 Å². The van der Waals surface area contributed by atoms with E-state index in [2.05, 4.69) is 64.1 Å². The average molecular weight is 244 g/mol. The fourth-order valence-electron chi connectivity index (χ4n) is 2.09. The van der Waals surface area contributed by atoms with Crippen molar-refractivity contribution in [2.45, 2.75) is 43.8 Å². The van der Waals surface area contributed by atoms with Crippen LogP contribution in [0, 0.1) is 0 Å². The van der Waals surface area contributed by atoms with Gasteiger partial charge in [-0.3, -0.25) is 0 Å². The predicted molar refractivity (Wildman–Crippen MR) is 78.9 cm³/mol. The Morgan fingerprint density at radius 2 is 1.65 bits per heavy atom. The molecule has 0 N–H and O–H groups in total. The molecule has 0 radical (unpaired) electrons. The highest BCUT2D eigenvalue weighted by Gasteiger charge is 2.14. The van der Waals surface area contributed by atoms with Crippen LogP contribution in [0.3, 0.4) is 0 Å². The summed E-state index contributed by atoms with van der Waals surface area (Å²) in [6.45, 7) is 9.04. The number of hydrogen-bond acceptors (Lipinski definition) is 1. The molecular weight excluding hydrogens is 224 g/mol. The fourth-order valence-corrected chi connectivity index (χ4v) is 3.25. The van der Waals surface area contributed by atoms with Gasteiger partial charge in [0.2, 0.25) is 0 Å². The number of aryl methyl sites for hydroxylation is 1. The number of rotatable bonds is 2. The highest BCUT2D eigenvalue weighted by atomic mass is 32.2. The lowest BCUT2D eigenvalue weighted by molar-refractivity contribution is 0.803. The molecule has 0 nitrogen and oxygen atoms in total. The Kier molecular flexibility index (Phi) is 3.48. The maximum atomic E-state index is 2.27. The molecule has 2 aromatic rings. The second-order valence-electron chi connectivity index (χ2n) is 5.34. The maximum absolute atomic E-state index is 2.27. The van der Waals surface area contributed by atoms with Gasteiger partial charge >= 0.3 is 0 Å². The van der Waals surface area contributed by atoms with E-state index in [-0.39, 0.29) is 4.75 Å². The number of fused-ring (bicyclic) bond motifs is 1. The molecule has 0 saturated heterocycles. The third-order valence-electron chi connectivity index (χ3n) is 2.75. The lowest BCUT2D eigenvalue weighted by Crippen LogP contribution is -2.06. The zero-order valence-corrected chi connectivity index (χ0v) is 11.9. The monoisotopic (exact) mass is 244 g/mol. The highest BCUT2D eigenvalue weighted by molar-refractivity contribution is 8.00. The predicted octanol–water partition coefficient (Wildman–Crippen LogP) is 5.29. The zero-order chi connectivity index (χ0) is 12.5. The Morgan fingerprint density at radius 3 is 2.24 bits per heavy atom. The van der Waals surface area contributed by atoms with Crippen LogP contribution in [-0.2, 0) is 6.42 Å². The molecule has 0 aliphatic heterocycles. The second-order valence-corrected chi connectivity index (χ2v) is 7.21. The van der Waals surface area contributed by atoms with Crippen molar-refractivity contribution >= 4 is 22.5 Å². The molecule has 17 heavy (non-hydrogen) atoms. The van der Waals surface area contributed by atoms with E-state index < -0.39 is 0 Å². The minimum absolute atomic E-state index is 0.259. The van der Waals surface area contributed by atoms with E-state index >= 15 is 0 Å². The first kappa shape index (κ1) is 12.5. The number of thioether (sulfide) groups is 1. The van der Waals surface area contributed by atoms with Crippen molar-refractivity contribution in [1.29, 1.82) is 0 Å². The van der Waals surface area contributed by atoms with E-state index in [1.165, 1.54) is 21.2 Å². The van der Waals surface area contributed by atoms with E-state index in [1.54, 1.807) is 0 Å². The quantitative estimate of drug-likeness (QED) is 0.647. The molecule has 0 unspecified atom stereocenters. The third-order valence-corrected chi connectivity index (χ3v) is 3.92. The van der Waals surface area contributed by atoms with E-state index in [0.717, 1.165) is 6.42 Å². The normalized spacial score (nSPS) is 12.0. The van der Waals surface area contributed by atoms with Crippen LogP contribution >= 0.6 is 11.8 Å². The number of hydrogen-bond donors (Lipinski definition) is 0. The summed E-state index contributed by atoms with van der Waals surface area (Å²) in [5.41, 5.74) is 1.45. The summed E-state index contributed by atoms with van der Waals surface area (Å²) in [7, 11) is 0. The first-order valence-corrected chi connectivity index (χ1v) is 7.02. The van der Waals surface area contributed by atoms with Crippen molar-refractivity contribution in [3.05, 3.63) is 42.0 Å². The lowest BCUT2D eigenvalue weighted by Gasteiger charge is -2.20. The van der Waals surface area contributed by atoms with E-state index in [0.29, 0.717) is 0 Å². The minimum Gasteiger partial charge on any atom is -0.120 e. The van der Waals surface area contributed by atoms with Gasteiger partial charge in [-0.05, 0) is 28.8 Å². The van der Waals surface area contributed by atoms with Crippen molar-refractivity contribution in [1.82, 2.24) is 0 Å². The van der Waals surface area contributed by atoms with Crippen molar-refractivity contribution in [2.75, 3.05) is 0 Å². The van der Waals surface area contributed by atoms with Gasteiger partial charge < -0.3 is 0 Å². The van der Waals surface area contributed by atoms with Crippen molar-refractivity contribution in [3.63, 3.8) is 0 Å². The largest absolute Gasteiger partial charge is 0.120 e. The molecule has 90 valence electrons. The van der Waals surface area contributed by atoms with Crippen LogP contribution in [0.15, 0.2) is 41.3 Å². The first-order valence-electron chi connectivity index (χ1n) is 6.21. The minimum atomic E-state index is 0.259. The molecule has 2 rings (SSSR count). The maximum Gasteiger partial charge on any atom is 0.0159 e. The smallest absolute Gasteiger partial charge is 0.0159 e. The van der Waals surface area contributed by atoms with Crippen LogP contribution in [0.4, 0.5) is 0 Å². The molecule has 1 heteroatoms. The van der Waals surface area contributed by atoms with Gasteiger partial charge in [-0.25, -0.2) is 0 Å². The third kappa shape index (κ3) is 2.84. The summed E-state index contributed by atoms with van der Waals surface area (Å²) >= 11 is 1.96. The van der Waals surface area contributed by atoms with Crippen molar-refractivity contribution < 1.29 is 0 Å². The molecule has 0 aromatic heterocycles. The number of benzene rings is 2. The van der Waals surface area contributed by atoms with Crippen LogP contribution in [0.1, 0.15) is 33.3 Å². The molecular formula is C16H20S.